The van der Waals surface area contributed by atoms with E-state index < -0.39 is 5.60 Å². The topological polar surface area (TPSA) is 33.1 Å². The van der Waals surface area contributed by atoms with Crippen molar-refractivity contribution in [2.45, 2.75) is 45.1 Å². The number of aliphatic hydroxyl groups is 1. The molecule has 0 atom stereocenters. The smallest absolute Gasteiger partial charge is 0.0897 e. The third-order valence-electron chi connectivity index (χ3n) is 4.47. The van der Waals surface area contributed by atoms with Gasteiger partial charge in [-0.1, -0.05) is 19.1 Å². The van der Waals surface area contributed by atoms with Crippen LogP contribution in [0, 0.1) is 12.8 Å². The van der Waals surface area contributed by atoms with Crippen LogP contribution in [0.25, 0.3) is 10.9 Å². The first-order valence-corrected chi connectivity index (χ1v) is 7.17. The van der Waals surface area contributed by atoms with Crippen molar-refractivity contribution in [1.29, 1.82) is 0 Å². The first-order valence-electron chi connectivity index (χ1n) is 7.17. The summed E-state index contributed by atoms with van der Waals surface area (Å²) in [6, 6.07) is 10.3. The summed E-state index contributed by atoms with van der Waals surface area (Å²) in [6.45, 7) is 4.27. The van der Waals surface area contributed by atoms with E-state index in [0.717, 1.165) is 53.8 Å². The first-order chi connectivity index (χ1) is 9.07. The van der Waals surface area contributed by atoms with Crippen molar-refractivity contribution in [3.8, 4) is 0 Å². The van der Waals surface area contributed by atoms with Gasteiger partial charge in [-0.3, -0.25) is 4.98 Å². The molecule has 19 heavy (non-hydrogen) atoms. The first kappa shape index (κ1) is 12.6. The van der Waals surface area contributed by atoms with E-state index in [1.54, 1.807) is 0 Å². The molecule has 1 aliphatic rings. The lowest BCUT2D eigenvalue weighted by Gasteiger charge is -2.35. The minimum Gasteiger partial charge on any atom is -0.385 e. The van der Waals surface area contributed by atoms with Crippen LogP contribution in [-0.2, 0) is 5.60 Å². The number of pyridine rings is 1. The lowest BCUT2D eigenvalue weighted by atomic mass is 9.75. The second-order valence-corrected chi connectivity index (χ2v) is 6.07. The quantitative estimate of drug-likeness (QED) is 0.837. The van der Waals surface area contributed by atoms with Crippen LogP contribution in [-0.4, -0.2) is 10.1 Å². The summed E-state index contributed by atoms with van der Waals surface area (Å²) >= 11 is 0. The highest BCUT2D eigenvalue weighted by molar-refractivity contribution is 5.79. The van der Waals surface area contributed by atoms with Gasteiger partial charge in [-0.15, -0.1) is 0 Å². The Labute approximate surface area is 114 Å². The third-order valence-corrected chi connectivity index (χ3v) is 4.47. The monoisotopic (exact) mass is 255 g/mol. The molecule has 100 valence electrons. The van der Waals surface area contributed by atoms with Crippen molar-refractivity contribution in [2.75, 3.05) is 0 Å². The normalized spacial score (nSPS) is 27.6. The lowest BCUT2D eigenvalue weighted by Crippen LogP contribution is -2.30. The van der Waals surface area contributed by atoms with Crippen molar-refractivity contribution in [3.05, 3.63) is 41.6 Å². The highest BCUT2D eigenvalue weighted by Crippen LogP contribution is 2.39. The standard InChI is InChI=1S/C17H21NO/c1-12-7-9-17(19,10-8-12)15-5-6-16-14(11-15)4-3-13(2)18-16/h3-6,11-12,19H,7-10H2,1-2H3. The molecule has 0 saturated heterocycles. The van der Waals surface area contributed by atoms with Crippen molar-refractivity contribution in [1.82, 2.24) is 4.98 Å². The molecule has 1 aromatic heterocycles. The molecule has 2 nitrogen and oxygen atoms in total. The number of benzene rings is 1. The van der Waals surface area contributed by atoms with Gasteiger partial charge in [0.25, 0.3) is 0 Å². The van der Waals surface area contributed by atoms with Crippen LogP contribution >= 0.6 is 0 Å². The Morgan fingerprint density at radius 3 is 2.63 bits per heavy atom. The van der Waals surface area contributed by atoms with Crippen LogP contribution in [0.5, 0.6) is 0 Å². The Balaban J connectivity index is 1.99. The Morgan fingerprint density at radius 1 is 1.16 bits per heavy atom. The molecule has 1 aromatic carbocycles. The summed E-state index contributed by atoms with van der Waals surface area (Å²) in [4.78, 5) is 4.52. The Morgan fingerprint density at radius 2 is 1.89 bits per heavy atom. The summed E-state index contributed by atoms with van der Waals surface area (Å²) < 4.78 is 0. The van der Waals surface area contributed by atoms with E-state index in [2.05, 4.69) is 24.0 Å². The zero-order valence-corrected chi connectivity index (χ0v) is 11.7. The predicted octanol–water partition coefficient (Wildman–Crippen LogP) is 3.94. The van der Waals surface area contributed by atoms with Gasteiger partial charge in [-0.2, -0.15) is 0 Å². The maximum atomic E-state index is 10.9. The van der Waals surface area contributed by atoms with Crippen molar-refractivity contribution in [2.24, 2.45) is 5.92 Å². The number of aryl methyl sites for hydroxylation is 1. The van der Waals surface area contributed by atoms with Gasteiger partial charge in [0.15, 0.2) is 0 Å². The highest BCUT2D eigenvalue weighted by atomic mass is 16.3. The molecule has 2 heteroatoms. The number of hydrogen-bond donors (Lipinski definition) is 1. The van der Waals surface area contributed by atoms with Crippen LogP contribution in [0.4, 0.5) is 0 Å². The molecule has 1 saturated carbocycles. The maximum absolute atomic E-state index is 10.9. The van der Waals surface area contributed by atoms with Gasteiger partial charge >= 0.3 is 0 Å². The zero-order valence-electron chi connectivity index (χ0n) is 11.7. The van der Waals surface area contributed by atoms with Gasteiger partial charge < -0.3 is 5.11 Å². The number of fused-ring (bicyclic) bond motifs is 1. The van der Waals surface area contributed by atoms with Gasteiger partial charge in [0, 0.05) is 11.1 Å². The molecular formula is C17H21NO. The molecule has 1 N–H and O–H groups in total. The second kappa shape index (κ2) is 4.61. The van der Waals surface area contributed by atoms with Gasteiger partial charge in [-0.05, 0) is 62.3 Å². The molecule has 0 aliphatic heterocycles. The minimum absolute atomic E-state index is 0.633. The summed E-state index contributed by atoms with van der Waals surface area (Å²) in [7, 11) is 0. The van der Waals surface area contributed by atoms with Gasteiger partial charge in [0.05, 0.1) is 11.1 Å². The van der Waals surface area contributed by atoms with Crippen LogP contribution in [0.1, 0.15) is 43.9 Å². The number of hydrogen-bond acceptors (Lipinski definition) is 2. The number of aromatic nitrogens is 1. The fourth-order valence-corrected chi connectivity index (χ4v) is 3.05. The average molecular weight is 255 g/mol. The largest absolute Gasteiger partial charge is 0.385 e. The number of nitrogens with zero attached hydrogens (tertiary/aromatic N) is 1. The molecule has 2 aromatic rings. The minimum atomic E-state index is -0.633. The van der Waals surface area contributed by atoms with E-state index in [0.29, 0.717) is 0 Å². The van der Waals surface area contributed by atoms with Crippen molar-refractivity contribution < 1.29 is 5.11 Å². The van der Waals surface area contributed by atoms with E-state index >= 15 is 0 Å². The summed E-state index contributed by atoms with van der Waals surface area (Å²) in [5, 5.41) is 12.0. The average Bonchev–Trinajstić information content (AvgIpc) is 2.42. The predicted molar refractivity (Wildman–Crippen MR) is 78.0 cm³/mol. The number of rotatable bonds is 1. The summed E-state index contributed by atoms with van der Waals surface area (Å²) in [5.41, 5.74) is 2.46. The SMILES string of the molecule is Cc1ccc2cc(C3(O)CCC(C)CC3)ccc2n1. The summed E-state index contributed by atoms with van der Waals surface area (Å²) in [5.74, 6) is 0.741. The Hall–Kier alpha value is -1.41. The Kier molecular flexibility index (Phi) is 3.06. The zero-order chi connectivity index (χ0) is 13.5. The van der Waals surface area contributed by atoms with Crippen molar-refractivity contribution >= 4 is 10.9 Å². The fraction of sp³-hybridized carbons (Fsp3) is 0.471. The third kappa shape index (κ3) is 2.37. The van der Waals surface area contributed by atoms with Crippen LogP contribution < -0.4 is 0 Å². The lowest BCUT2D eigenvalue weighted by molar-refractivity contribution is -0.0119. The van der Waals surface area contributed by atoms with E-state index in [4.69, 9.17) is 0 Å². The molecule has 1 heterocycles. The van der Waals surface area contributed by atoms with E-state index in [1.165, 1.54) is 0 Å². The van der Waals surface area contributed by atoms with Crippen LogP contribution in [0.2, 0.25) is 0 Å². The molecule has 0 amide bonds. The Bertz CT molecular complexity index is 597. The van der Waals surface area contributed by atoms with Gasteiger partial charge in [0.2, 0.25) is 0 Å². The van der Waals surface area contributed by atoms with E-state index in [9.17, 15) is 5.11 Å². The van der Waals surface area contributed by atoms with Gasteiger partial charge in [0.1, 0.15) is 0 Å². The molecular weight excluding hydrogens is 234 g/mol. The van der Waals surface area contributed by atoms with Crippen LogP contribution in [0.3, 0.4) is 0 Å². The van der Waals surface area contributed by atoms with Crippen LogP contribution in [0.15, 0.2) is 30.3 Å². The highest BCUT2D eigenvalue weighted by Gasteiger charge is 2.33. The molecule has 0 spiro atoms. The molecule has 3 rings (SSSR count). The molecule has 0 unspecified atom stereocenters. The maximum Gasteiger partial charge on any atom is 0.0897 e. The van der Waals surface area contributed by atoms with E-state index in [1.807, 2.05) is 25.1 Å². The summed E-state index contributed by atoms with van der Waals surface area (Å²) in [6.07, 6.45) is 3.97. The molecule has 0 bridgehead atoms. The molecule has 0 radical (unpaired) electrons. The second-order valence-electron chi connectivity index (χ2n) is 6.07. The van der Waals surface area contributed by atoms with Crippen molar-refractivity contribution in [3.63, 3.8) is 0 Å². The van der Waals surface area contributed by atoms with Gasteiger partial charge in [-0.25, -0.2) is 0 Å². The molecule has 1 fully saturated rings. The fourth-order valence-electron chi connectivity index (χ4n) is 3.05. The van der Waals surface area contributed by atoms with E-state index in [-0.39, 0.29) is 0 Å². The molecule has 1 aliphatic carbocycles.